The third-order valence-electron chi connectivity index (χ3n) is 4.04. The highest BCUT2D eigenvalue weighted by atomic mass is 32.2. The summed E-state index contributed by atoms with van der Waals surface area (Å²) in [4.78, 5) is 0.292. The smallest absolute Gasteiger partial charge is 0.247 e. The molecule has 6 nitrogen and oxygen atoms in total. The molecular formula is C13H23N3O3S. The molecule has 0 aliphatic carbocycles. The van der Waals surface area contributed by atoms with E-state index in [-0.39, 0.29) is 12.6 Å². The number of sulfonamides is 1. The maximum atomic E-state index is 12.9. The minimum atomic E-state index is -3.60. The average molecular weight is 301 g/mol. The second-order valence-electron chi connectivity index (χ2n) is 5.43. The van der Waals surface area contributed by atoms with Crippen LogP contribution in [-0.2, 0) is 17.1 Å². The summed E-state index contributed by atoms with van der Waals surface area (Å²) in [5.74, 6) is 0. The average Bonchev–Trinajstić information content (AvgIpc) is 2.59. The van der Waals surface area contributed by atoms with Gasteiger partial charge in [0.15, 0.2) is 0 Å². The van der Waals surface area contributed by atoms with Gasteiger partial charge in [-0.1, -0.05) is 12.8 Å². The van der Waals surface area contributed by atoms with Crippen molar-refractivity contribution in [2.75, 3.05) is 13.2 Å². The molecule has 1 fully saturated rings. The van der Waals surface area contributed by atoms with E-state index in [1.165, 1.54) is 4.31 Å². The minimum Gasteiger partial charge on any atom is -0.395 e. The van der Waals surface area contributed by atoms with Crippen LogP contribution in [0.25, 0.3) is 0 Å². The van der Waals surface area contributed by atoms with Gasteiger partial charge < -0.3 is 5.11 Å². The van der Waals surface area contributed by atoms with Crippen LogP contribution >= 0.6 is 0 Å². The molecule has 7 heteroatoms. The van der Waals surface area contributed by atoms with Crippen LogP contribution in [0.4, 0.5) is 0 Å². The van der Waals surface area contributed by atoms with Gasteiger partial charge in [-0.15, -0.1) is 0 Å². The van der Waals surface area contributed by atoms with Gasteiger partial charge in [0.1, 0.15) is 4.90 Å². The van der Waals surface area contributed by atoms with Gasteiger partial charge in [-0.2, -0.15) is 9.40 Å². The fourth-order valence-electron chi connectivity index (χ4n) is 2.89. The van der Waals surface area contributed by atoms with Gasteiger partial charge in [0.05, 0.1) is 18.0 Å². The zero-order valence-corrected chi connectivity index (χ0v) is 13.2. The fourth-order valence-corrected chi connectivity index (χ4v) is 4.98. The van der Waals surface area contributed by atoms with E-state index in [9.17, 15) is 13.5 Å². The number of aliphatic hydroxyl groups is 1. The molecule has 20 heavy (non-hydrogen) atoms. The lowest BCUT2D eigenvalue weighted by molar-refractivity contribution is 0.186. The predicted molar refractivity (Wildman–Crippen MR) is 75.9 cm³/mol. The molecule has 0 amide bonds. The topological polar surface area (TPSA) is 75.4 Å². The number of rotatable bonds is 3. The molecule has 2 rings (SSSR count). The van der Waals surface area contributed by atoms with Crippen molar-refractivity contribution < 1.29 is 13.5 Å². The molecule has 114 valence electrons. The Labute approximate surface area is 120 Å². The van der Waals surface area contributed by atoms with Crippen LogP contribution in [-0.4, -0.2) is 46.8 Å². The minimum absolute atomic E-state index is 0.127. The first-order chi connectivity index (χ1) is 9.39. The van der Waals surface area contributed by atoms with Gasteiger partial charge in [-0.3, -0.25) is 4.68 Å². The SMILES string of the molecule is Cc1nn(C)c(C)c1S(=O)(=O)N1CCCCCC1CO. The highest BCUT2D eigenvalue weighted by molar-refractivity contribution is 7.89. The van der Waals surface area contributed by atoms with Crippen molar-refractivity contribution in [1.82, 2.24) is 14.1 Å². The van der Waals surface area contributed by atoms with Crippen molar-refractivity contribution in [3.05, 3.63) is 11.4 Å². The van der Waals surface area contributed by atoms with Gasteiger partial charge in [0.2, 0.25) is 10.0 Å². The third-order valence-corrected chi connectivity index (χ3v) is 6.25. The second kappa shape index (κ2) is 5.83. The van der Waals surface area contributed by atoms with E-state index in [2.05, 4.69) is 5.10 Å². The van der Waals surface area contributed by atoms with Crippen LogP contribution in [0, 0.1) is 13.8 Å². The highest BCUT2D eigenvalue weighted by Crippen LogP contribution is 2.28. The lowest BCUT2D eigenvalue weighted by atomic mass is 10.1. The van der Waals surface area contributed by atoms with Gasteiger partial charge >= 0.3 is 0 Å². The first kappa shape index (κ1) is 15.5. The monoisotopic (exact) mass is 301 g/mol. The maximum absolute atomic E-state index is 12.9. The Bertz CT molecular complexity index is 580. The van der Waals surface area contributed by atoms with E-state index in [1.54, 1.807) is 25.6 Å². The van der Waals surface area contributed by atoms with Crippen LogP contribution in [0.2, 0.25) is 0 Å². The van der Waals surface area contributed by atoms with Crippen molar-refractivity contribution in [1.29, 1.82) is 0 Å². The number of nitrogens with zero attached hydrogens (tertiary/aromatic N) is 3. The zero-order chi connectivity index (χ0) is 14.9. The summed E-state index contributed by atoms with van der Waals surface area (Å²) in [7, 11) is -1.85. The largest absolute Gasteiger partial charge is 0.395 e. The molecule has 1 aliphatic rings. The molecular weight excluding hydrogens is 278 g/mol. The van der Waals surface area contributed by atoms with Crippen molar-refractivity contribution in [3.63, 3.8) is 0 Å². The zero-order valence-electron chi connectivity index (χ0n) is 12.3. The molecule has 0 bridgehead atoms. The molecule has 1 atom stereocenters. The first-order valence-electron chi connectivity index (χ1n) is 7.02. The Balaban J connectivity index is 2.47. The van der Waals surface area contributed by atoms with Gasteiger partial charge in [0.25, 0.3) is 0 Å². The van der Waals surface area contributed by atoms with Crippen molar-refractivity contribution in [2.24, 2.45) is 7.05 Å². The molecule has 1 saturated heterocycles. The Morgan fingerprint density at radius 1 is 1.30 bits per heavy atom. The van der Waals surface area contributed by atoms with E-state index < -0.39 is 10.0 Å². The predicted octanol–water partition coefficient (Wildman–Crippen LogP) is 0.963. The fraction of sp³-hybridized carbons (Fsp3) is 0.769. The van der Waals surface area contributed by atoms with E-state index in [1.807, 2.05) is 0 Å². The molecule has 1 unspecified atom stereocenters. The van der Waals surface area contributed by atoms with Crippen molar-refractivity contribution >= 4 is 10.0 Å². The number of aryl methyl sites for hydroxylation is 2. The van der Waals surface area contributed by atoms with E-state index >= 15 is 0 Å². The van der Waals surface area contributed by atoms with Gasteiger partial charge in [-0.05, 0) is 26.7 Å². The molecule has 1 aliphatic heterocycles. The Morgan fingerprint density at radius 2 is 2.00 bits per heavy atom. The van der Waals surface area contributed by atoms with E-state index in [0.717, 1.165) is 19.3 Å². The summed E-state index contributed by atoms with van der Waals surface area (Å²) >= 11 is 0. The lowest BCUT2D eigenvalue weighted by Crippen LogP contribution is -2.42. The van der Waals surface area contributed by atoms with Gasteiger partial charge in [0, 0.05) is 19.6 Å². The molecule has 0 aromatic carbocycles. The van der Waals surface area contributed by atoms with Crippen LogP contribution < -0.4 is 0 Å². The summed E-state index contributed by atoms with van der Waals surface area (Å²) in [5, 5.41) is 13.7. The van der Waals surface area contributed by atoms with Crippen LogP contribution in [0.5, 0.6) is 0 Å². The molecule has 0 spiro atoms. The third kappa shape index (κ3) is 2.62. The number of hydrogen-bond donors (Lipinski definition) is 1. The molecule has 0 radical (unpaired) electrons. The molecule has 1 aromatic heterocycles. The summed E-state index contributed by atoms with van der Waals surface area (Å²) < 4.78 is 28.9. The number of aromatic nitrogens is 2. The van der Waals surface area contributed by atoms with Crippen molar-refractivity contribution in [2.45, 2.75) is 50.5 Å². The highest BCUT2D eigenvalue weighted by Gasteiger charge is 2.35. The lowest BCUT2D eigenvalue weighted by Gasteiger charge is -2.27. The number of hydrogen-bond acceptors (Lipinski definition) is 4. The molecule has 1 aromatic rings. The quantitative estimate of drug-likeness (QED) is 0.902. The molecule has 0 saturated carbocycles. The van der Waals surface area contributed by atoms with Crippen LogP contribution in [0.3, 0.4) is 0 Å². The van der Waals surface area contributed by atoms with E-state index in [0.29, 0.717) is 29.2 Å². The Kier molecular flexibility index (Phi) is 4.51. The summed E-state index contributed by atoms with van der Waals surface area (Å²) in [5.41, 5.74) is 1.16. The first-order valence-corrected chi connectivity index (χ1v) is 8.46. The van der Waals surface area contributed by atoms with Gasteiger partial charge in [-0.25, -0.2) is 8.42 Å². The Hall–Kier alpha value is -0.920. The van der Waals surface area contributed by atoms with Crippen LogP contribution in [0.1, 0.15) is 37.1 Å². The van der Waals surface area contributed by atoms with Crippen LogP contribution in [0.15, 0.2) is 4.90 Å². The second-order valence-corrected chi connectivity index (χ2v) is 7.25. The summed E-state index contributed by atoms with van der Waals surface area (Å²) in [6.45, 7) is 3.82. The summed E-state index contributed by atoms with van der Waals surface area (Å²) in [6, 6.07) is -0.318. The summed E-state index contributed by atoms with van der Waals surface area (Å²) in [6.07, 6.45) is 3.53. The van der Waals surface area contributed by atoms with Crippen molar-refractivity contribution in [3.8, 4) is 0 Å². The maximum Gasteiger partial charge on any atom is 0.247 e. The standard InChI is InChI=1S/C13H23N3O3S/c1-10-13(11(2)15(3)14-10)20(18,19)16-8-6-4-5-7-12(16)9-17/h12,17H,4-9H2,1-3H3. The number of aliphatic hydroxyl groups excluding tert-OH is 1. The van der Waals surface area contributed by atoms with E-state index in [4.69, 9.17) is 0 Å². The molecule has 2 heterocycles. The molecule has 1 N–H and O–H groups in total. The Morgan fingerprint density at radius 3 is 2.55 bits per heavy atom. The normalized spacial score (nSPS) is 21.9.